The van der Waals surface area contributed by atoms with Crippen LogP contribution in [0.4, 0.5) is 5.69 Å². The third-order valence-corrected chi connectivity index (χ3v) is 6.47. The Labute approximate surface area is 218 Å². The number of hydrogen-bond acceptors (Lipinski definition) is 6. The Hall–Kier alpha value is -4.44. The molecule has 1 aliphatic rings. The number of ether oxygens (including phenoxy) is 2. The maximum absolute atomic E-state index is 13.6. The van der Waals surface area contributed by atoms with E-state index in [2.05, 4.69) is 5.32 Å². The number of carboxylic acid groups (broad SMARTS) is 1. The molecule has 0 spiro atoms. The van der Waals surface area contributed by atoms with Gasteiger partial charge in [-0.15, -0.1) is 0 Å². The summed E-state index contributed by atoms with van der Waals surface area (Å²) in [4.78, 5) is 39.0. The molecule has 2 N–H and O–H groups in total. The number of carboxylic acids is 1. The van der Waals surface area contributed by atoms with Crippen molar-refractivity contribution < 1.29 is 29.0 Å². The number of methoxy groups -OCH3 is 2. The molecule has 2 amide bonds. The van der Waals surface area contributed by atoms with Gasteiger partial charge in [0.05, 0.1) is 25.5 Å². The third kappa shape index (κ3) is 4.58. The molecule has 2 heterocycles. The standard InChI is InChI=1S/C27H25N3O6S/c1-14-10-17(26(33)34)6-8-21(14)29-15(2)11-18(16(29)3)12-20-24(31)28-27(37)30(25(20)32)22-9-7-19(35-4)13-23(22)36-5/h6-13H,1-5H3,(H,33,34)(H,28,31,37). The molecule has 0 bridgehead atoms. The van der Waals surface area contributed by atoms with E-state index in [0.717, 1.165) is 22.6 Å². The Morgan fingerprint density at radius 3 is 2.32 bits per heavy atom. The SMILES string of the molecule is COc1ccc(N2C(=O)C(=Cc3cc(C)n(-c4ccc(C(=O)O)cc4C)c3C)C(=O)NC2=S)c(OC)c1. The first-order chi connectivity index (χ1) is 17.6. The molecule has 190 valence electrons. The highest BCUT2D eigenvalue weighted by molar-refractivity contribution is 7.80. The van der Waals surface area contributed by atoms with Crippen molar-refractivity contribution in [1.29, 1.82) is 0 Å². The Kier molecular flexibility index (Phi) is 6.86. The summed E-state index contributed by atoms with van der Waals surface area (Å²) in [5.41, 5.74) is 4.33. The second-order valence-electron chi connectivity index (χ2n) is 8.46. The van der Waals surface area contributed by atoms with Gasteiger partial charge in [-0.05, 0) is 86.6 Å². The predicted molar refractivity (Wildman–Crippen MR) is 143 cm³/mol. The van der Waals surface area contributed by atoms with Crippen LogP contribution in [-0.2, 0) is 9.59 Å². The molecular formula is C27H25N3O6S. The summed E-state index contributed by atoms with van der Waals surface area (Å²) >= 11 is 5.32. The molecule has 2 aromatic carbocycles. The van der Waals surface area contributed by atoms with E-state index in [-0.39, 0.29) is 16.2 Å². The smallest absolute Gasteiger partial charge is 0.335 e. The molecule has 0 atom stereocenters. The van der Waals surface area contributed by atoms with Crippen molar-refractivity contribution >= 4 is 46.9 Å². The van der Waals surface area contributed by atoms with E-state index in [1.807, 2.05) is 31.4 Å². The van der Waals surface area contributed by atoms with Crippen molar-refractivity contribution in [3.63, 3.8) is 0 Å². The van der Waals surface area contributed by atoms with E-state index < -0.39 is 17.8 Å². The van der Waals surface area contributed by atoms with Gasteiger partial charge in [-0.2, -0.15) is 0 Å². The fraction of sp³-hybridized carbons (Fsp3) is 0.185. The average Bonchev–Trinajstić information content (AvgIpc) is 3.14. The van der Waals surface area contributed by atoms with Crippen LogP contribution >= 0.6 is 12.2 Å². The number of nitrogens with one attached hydrogen (secondary N) is 1. The molecule has 1 aromatic heterocycles. The van der Waals surface area contributed by atoms with Crippen molar-refractivity contribution in [2.75, 3.05) is 19.1 Å². The molecule has 10 heteroatoms. The van der Waals surface area contributed by atoms with Crippen LogP contribution < -0.4 is 19.7 Å². The summed E-state index contributed by atoms with van der Waals surface area (Å²) in [6.45, 7) is 5.59. The maximum atomic E-state index is 13.6. The van der Waals surface area contributed by atoms with Crippen LogP contribution in [0.1, 0.15) is 32.9 Å². The van der Waals surface area contributed by atoms with Gasteiger partial charge in [-0.25, -0.2) is 9.69 Å². The summed E-state index contributed by atoms with van der Waals surface area (Å²) < 4.78 is 12.6. The van der Waals surface area contributed by atoms with Gasteiger partial charge in [0.15, 0.2) is 5.11 Å². The number of hydrogen-bond donors (Lipinski definition) is 2. The van der Waals surface area contributed by atoms with Gasteiger partial charge >= 0.3 is 5.97 Å². The van der Waals surface area contributed by atoms with Crippen LogP contribution in [0.25, 0.3) is 11.8 Å². The van der Waals surface area contributed by atoms with Gasteiger partial charge in [-0.1, -0.05) is 0 Å². The number of carbonyl (C=O) groups is 3. The van der Waals surface area contributed by atoms with E-state index in [0.29, 0.717) is 22.7 Å². The number of aromatic carboxylic acids is 1. The Bertz CT molecular complexity index is 1500. The minimum Gasteiger partial charge on any atom is -0.497 e. The topological polar surface area (TPSA) is 110 Å². The van der Waals surface area contributed by atoms with Crippen LogP contribution in [0.3, 0.4) is 0 Å². The number of rotatable bonds is 6. The van der Waals surface area contributed by atoms with Gasteiger partial charge < -0.3 is 19.1 Å². The second-order valence-corrected chi connectivity index (χ2v) is 8.85. The molecule has 1 fully saturated rings. The minimum absolute atomic E-state index is 0.0600. The first-order valence-electron chi connectivity index (χ1n) is 11.2. The quantitative estimate of drug-likeness (QED) is 0.288. The number of aryl methyl sites for hydroxylation is 2. The zero-order valence-corrected chi connectivity index (χ0v) is 21.7. The van der Waals surface area contributed by atoms with Gasteiger partial charge in [0, 0.05) is 23.1 Å². The van der Waals surface area contributed by atoms with Gasteiger partial charge in [0.25, 0.3) is 11.8 Å². The van der Waals surface area contributed by atoms with Gasteiger partial charge in [0.1, 0.15) is 17.1 Å². The predicted octanol–water partition coefficient (Wildman–Crippen LogP) is 3.95. The molecule has 9 nitrogen and oxygen atoms in total. The molecule has 0 radical (unpaired) electrons. The first kappa shape index (κ1) is 25.6. The molecule has 3 aromatic rings. The molecule has 4 rings (SSSR count). The normalized spacial score (nSPS) is 14.7. The lowest BCUT2D eigenvalue weighted by atomic mass is 10.1. The lowest BCUT2D eigenvalue weighted by molar-refractivity contribution is -0.122. The second kappa shape index (κ2) is 9.90. The Morgan fingerprint density at radius 1 is 1.00 bits per heavy atom. The number of carbonyl (C=O) groups excluding carboxylic acids is 2. The summed E-state index contributed by atoms with van der Waals surface area (Å²) in [6.07, 6.45) is 1.53. The summed E-state index contributed by atoms with van der Waals surface area (Å²) in [6, 6.07) is 11.7. The zero-order valence-electron chi connectivity index (χ0n) is 20.9. The lowest BCUT2D eigenvalue weighted by Gasteiger charge is -2.30. The van der Waals surface area contributed by atoms with Gasteiger partial charge in [0.2, 0.25) is 0 Å². The molecule has 0 saturated carbocycles. The molecule has 1 saturated heterocycles. The molecule has 37 heavy (non-hydrogen) atoms. The van der Waals surface area contributed by atoms with Crippen molar-refractivity contribution in [2.45, 2.75) is 20.8 Å². The first-order valence-corrected chi connectivity index (χ1v) is 11.6. The highest BCUT2D eigenvalue weighted by atomic mass is 32.1. The largest absolute Gasteiger partial charge is 0.497 e. The third-order valence-electron chi connectivity index (χ3n) is 6.18. The van der Waals surface area contributed by atoms with Crippen molar-refractivity contribution in [3.05, 3.63) is 76.1 Å². The van der Waals surface area contributed by atoms with Gasteiger partial charge in [-0.3, -0.25) is 14.9 Å². The number of thiocarbonyl (C=S) groups is 1. The highest BCUT2D eigenvalue weighted by Gasteiger charge is 2.36. The zero-order chi connectivity index (χ0) is 27.0. The molecule has 0 unspecified atom stereocenters. The van der Waals surface area contributed by atoms with Crippen LogP contribution in [0.5, 0.6) is 11.5 Å². The van der Waals surface area contributed by atoms with Crippen molar-refractivity contribution in [3.8, 4) is 17.2 Å². The van der Waals surface area contributed by atoms with E-state index in [1.165, 1.54) is 25.2 Å². The van der Waals surface area contributed by atoms with Crippen LogP contribution in [0, 0.1) is 20.8 Å². The number of anilines is 1. The van der Waals surface area contributed by atoms with Crippen LogP contribution in [0.2, 0.25) is 0 Å². The Balaban J connectivity index is 1.77. The molecule has 1 aliphatic heterocycles. The number of aromatic nitrogens is 1. The fourth-order valence-electron chi connectivity index (χ4n) is 4.35. The number of benzene rings is 2. The lowest BCUT2D eigenvalue weighted by Crippen LogP contribution is -2.54. The maximum Gasteiger partial charge on any atom is 0.335 e. The molecular weight excluding hydrogens is 494 g/mol. The number of nitrogens with zero attached hydrogens (tertiary/aromatic N) is 2. The highest BCUT2D eigenvalue weighted by Crippen LogP contribution is 2.35. The van der Waals surface area contributed by atoms with E-state index >= 15 is 0 Å². The van der Waals surface area contributed by atoms with Crippen molar-refractivity contribution in [1.82, 2.24) is 9.88 Å². The minimum atomic E-state index is -1.00. The fourth-order valence-corrected chi connectivity index (χ4v) is 4.62. The van der Waals surface area contributed by atoms with Crippen LogP contribution in [-0.4, -0.2) is 46.8 Å². The molecule has 0 aliphatic carbocycles. The van der Waals surface area contributed by atoms with Crippen LogP contribution in [0.15, 0.2) is 48.0 Å². The monoisotopic (exact) mass is 519 g/mol. The number of amides is 2. The van der Waals surface area contributed by atoms with E-state index in [1.54, 1.807) is 36.4 Å². The Morgan fingerprint density at radius 2 is 1.70 bits per heavy atom. The summed E-state index contributed by atoms with van der Waals surface area (Å²) in [7, 11) is 2.98. The van der Waals surface area contributed by atoms with Crippen molar-refractivity contribution in [2.24, 2.45) is 0 Å². The summed E-state index contributed by atoms with van der Waals surface area (Å²) in [5, 5.41) is 11.8. The summed E-state index contributed by atoms with van der Waals surface area (Å²) in [5.74, 6) is -1.31. The van der Waals surface area contributed by atoms with E-state index in [9.17, 15) is 19.5 Å². The van der Waals surface area contributed by atoms with E-state index in [4.69, 9.17) is 21.7 Å². The average molecular weight is 520 g/mol.